The molecule has 0 spiro atoms. The summed E-state index contributed by atoms with van der Waals surface area (Å²) in [5.74, 6) is 1.57. The molecule has 3 N–H and O–H groups in total. The first kappa shape index (κ1) is 26.0. The number of carbonyl (C=O) groups excluding carboxylic acids is 1. The van der Waals surface area contributed by atoms with Crippen LogP contribution in [0, 0.1) is 0 Å². The van der Waals surface area contributed by atoms with E-state index in [0.29, 0.717) is 30.5 Å². The number of aromatic nitrogens is 1. The summed E-state index contributed by atoms with van der Waals surface area (Å²) < 4.78 is 11.1. The highest BCUT2D eigenvalue weighted by Crippen LogP contribution is 2.28. The second kappa shape index (κ2) is 14.7. The number of hydrogen-bond donors (Lipinski definition) is 3. The minimum Gasteiger partial charge on any atom is -0.494 e. The molecule has 0 aliphatic carbocycles. The van der Waals surface area contributed by atoms with Gasteiger partial charge in [0.15, 0.2) is 5.82 Å². The van der Waals surface area contributed by atoms with Crippen molar-refractivity contribution >= 4 is 35.8 Å². The number of hydrogen-bond acceptors (Lipinski definition) is 7. The topological polar surface area (TPSA) is 109 Å². The fraction of sp³-hybridized carbons (Fsp3) is 0.417. The molecule has 2 aromatic rings. The van der Waals surface area contributed by atoms with Gasteiger partial charge in [0.1, 0.15) is 17.3 Å². The van der Waals surface area contributed by atoms with Crippen molar-refractivity contribution in [2.75, 3.05) is 44.8 Å². The van der Waals surface area contributed by atoms with Crippen LogP contribution >= 0.6 is 0 Å². The van der Waals surface area contributed by atoms with E-state index in [9.17, 15) is 4.79 Å². The van der Waals surface area contributed by atoms with E-state index in [1.165, 1.54) is 0 Å². The van der Waals surface area contributed by atoms with E-state index >= 15 is 0 Å². The number of aliphatic imine (C=N–C) groups is 2. The summed E-state index contributed by atoms with van der Waals surface area (Å²) in [5, 5.41) is 8.66. The Morgan fingerprint density at radius 3 is 2.58 bits per heavy atom. The normalized spacial score (nSPS) is 11.2. The number of pyridine rings is 1. The molecule has 2 rings (SSSR count). The van der Waals surface area contributed by atoms with Crippen LogP contribution in [0.1, 0.15) is 32.8 Å². The van der Waals surface area contributed by atoms with Crippen molar-refractivity contribution in [2.45, 2.75) is 27.2 Å². The Kier molecular flexibility index (Phi) is 11.6. The third-order valence-corrected chi connectivity index (χ3v) is 4.54. The third kappa shape index (κ3) is 9.38. The lowest BCUT2D eigenvalue weighted by Gasteiger charge is -2.09. The van der Waals surface area contributed by atoms with Crippen LogP contribution in [0.4, 0.5) is 22.1 Å². The first-order valence-corrected chi connectivity index (χ1v) is 11.2. The average Bonchev–Trinajstić information content (AvgIpc) is 2.81. The first-order chi connectivity index (χ1) is 16.1. The number of nitrogens with one attached hydrogen (secondary N) is 3. The highest BCUT2D eigenvalue weighted by Gasteiger charge is 2.08. The SMILES string of the molecule is C=Nc1ccc(NC(=O)NCC)nc1/N=C(\C)c1ccc(OCCCNCCOCC)cc1. The van der Waals surface area contributed by atoms with Crippen LogP contribution < -0.4 is 20.7 Å². The molecule has 0 aliphatic rings. The Balaban J connectivity index is 1.94. The molecule has 0 atom stereocenters. The maximum absolute atomic E-state index is 11.8. The van der Waals surface area contributed by atoms with Gasteiger partial charge in [-0.3, -0.25) is 10.3 Å². The smallest absolute Gasteiger partial charge is 0.320 e. The van der Waals surface area contributed by atoms with Crippen molar-refractivity contribution < 1.29 is 14.3 Å². The molecule has 2 amide bonds. The maximum Gasteiger partial charge on any atom is 0.320 e. The molecule has 0 saturated heterocycles. The average molecular weight is 455 g/mol. The molecule has 0 fully saturated rings. The Labute approximate surface area is 195 Å². The molecule has 1 aromatic carbocycles. The van der Waals surface area contributed by atoms with E-state index in [2.05, 4.69) is 37.6 Å². The fourth-order valence-electron chi connectivity index (χ4n) is 2.85. The van der Waals surface area contributed by atoms with Gasteiger partial charge in [0.2, 0.25) is 0 Å². The van der Waals surface area contributed by atoms with Gasteiger partial charge in [-0.25, -0.2) is 14.8 Å². The lowest BCUT2D eigenvalue weighted by atomic mass is 10.1. The van der Waals surface area contributed by atoms with Crippen LogP contribution in [0.5, 0.6) is 5.75 Å². The van der Waals surface area contributed by atoms with Crippen LogP contribution in [0.3, 0.4) is 0 Å². The molecule has 0 saturated carbocycles. The van der Waals surface area contributed by atoms with Crippen molar-refractivity contribution in [3.05, 3.63) is 42.0 Å². The summed E-state index contributed by atoms with van der Waals surface area (Å²) in [4.78, 5) is 24.7. The van der Waals surface area contributed by atoms with E-state index in [1.54, 1.807) is 12.1 Å². The standard InChI is InChI=1S/C24H34N6O3/c1-5-27-24(31)30-22-13-12-21(25-4)23(29-22)28-18(3)19-8-10-20(11-9-19)33-16-7-14-26-15-17-32-6-2/h8-13,26H,4-7,14-17H2,1-3H3,(H2,27,29,30,31)/b28-18+. The summed E-state index contributed by atoms with van der Waals surface area (Å²) in [6, 6.07) is 10.8. The minimum atomic E-state index is -0.326. The lowest BCUT2D eigenvalue weighted by molar-refractivity contribution is 0.149. The fourth-order valence-corrected chi connectivity index (χ4v) is 2.85. The van der Waals surface area contributed by atoms with Crippen LogP contribution in [-0.2, 0) is 4.74 Å². The van der Waals surface area contributed by atoms with Gasteiger partial charge in [-0.05, 0) is 82.4 Å². The molecule has 0 radical (unpaired) electrons. The molecule has 178 valence electrons. The summed E-state index contributed by atoms with van der Waals surface area (Å²) in [5.41, 5.74) is 2.22. The zero-order valence-electron chi connectivity index (χ0n) is 19.7. The number of carbonyl (C=O) groups is 1. The second-order valence-electron chi connectivity index (χ2n) is 7.05. The van der Waals surface area contributed by atoms with E-state index in [0.717, 1.165) is 49.7 Å². The number of ether oxygens (including phenoxy) is 2. The summed E-state index contributed by atoms with van der Waals surface area (Å²) in [7, 11) is 0. The first-order valence-electron chi connectivity index (χ1n) is 11.2. The molecule has 1 heterocycles. The number of amides is 2. The van der Waals surface area contributed by atoms with Crippen LogP contribution in [0.25, 0.3) is 0 Å². The molecule has 1 aromatic heterocycles. The Morgan fingerprint density at radius 2 is 1.88 bits per heavy atom. The van der Waals surface area contributed by atoms with Crippen LogP contribution in [0.2, 0.25) is 0 Å². The summed E-state index contributed by atoms with van der Waals surface area (Å²) in [6.45, 7) is 13.7. The quantitative estimate of drug-likeness (QED) is 0.294. The number of nitrogens with zero attached hydrogens (tertiary/aromatic N) is 3. The van der Waals surface area contributed by atoms with Crippen molar-refractivity contribution in [1.82, 2.24) is 15.6 Å². The van der Waals surface area contributed by atoms with Crippen molar-refractivity contribution in [3.8, 4) is 5.75 Å². The zero-order valence-corrected chi connectivity index (χ0v) is 19.7. The number of anilines is 1. The van der Waals surface area contributed by atoms with Gasteiger partial charge >= 0.3 is 6.03 Å². The van der Waals surface area contributed by atoms with Gasteiger partial charge in [0.25, 0.3) is 0 Å². The molecular weight excluding hydrogens is 420 g/mol. The molecule has 9 heteroatoms. The van der Waals surface area contributed by atoms with Crippen molar-refractivity contribution in [1.29, 1.82) is 0 Å². The minimum absolute atomic E-state index is 0.326. The molecule has 0 unspecified atom stereocenters. The van der Waals surface area contributed by atoms with Crippen LogP contribution in [0.15, 0.2) is 46.4 Å². The largest absolute Gasteiger partial charge is 0.494 e. The van der Waals surface area contributed by atoms with Crippen LogP contribution in [-0.4, -0.2) is 62.9 Å². The molecule has 9 nitrogen and oxygen atoms in total. The zero-order chi connectivity index (χ0) is 23.9. The van der Waals surface area contributed by atoms with E-state index in [1.807, 2.05) is 45.0 Å². The van der Waals surface area contributed by atoms with Gasteiger partial charge in [-0.1, -0.05) is 0 Å². The van der Waals surface area contributed by atoms with Gasteiger partial charge < -0.3 is 20.1 Å². The Morgan fingerprint density at radius 1 is 1.09 bits per heavy atom. The highest BCUT2D eigenvalue weighted by molar-refractivity contribution is 6.00. The number of rotatable bonds is 14. The predicted molar refractivity (Wildman–Crippen MR) is 134 cm³/mol. The lowest BCUT2D eigenvalue weighted by Crippen LogP contribution is -2.28. The monoisotopic (exact) mass is 454 g/mol. The molecule has 33 heavy (non-hydrogen) atoms. The Bertz CT molecular complexity index is 915. The van der Waals surface area contributed by atoms with Crippen molar-refractivity contribution in [3.63, 3.8) is 0 Å². The Hall–Kier alpha value is -3.30. The number of urea groups is 1. The summed E-state index contributed by atoms with van der Waals surface area (Å²) >= 11 is 0. The second-order valence-corrected chi connectivity index (χ2v) is 7.05. The van der Waals surface area contributed by atoms with Crippen molar-refractivity contribution in [2.24, 2.45) is 9.98 Å². The molecule has 0 bridgehead atoms. The third-order valence-electron chi connectivity index (χ3n) is 4.54. The predicted octanol–water partition coefficient (Wildman–Crippen LogP) is 4.09. The molecule has 0 aliphatic heterocycles. The van der Waals surface area contributed by atoms with Gasteiger partial charge in [0.05, 0.1) is 13.2 Å². The highest BCUT2D eigenvalue weighted by atomic mass is 16.5. The molecular formula is C24H34N6O3. The number of benzene rings is 1. The van der Waals surface area contributed by atoms with Gasteiger partial charge in [-0.15, -0.1) is 0 Å². The maximum atomic E-state index is 11.8. The van der Waals surface area contributed by atoms with E-state index in [4.69, 9.17) is 9.47 Å². The van der Waals surface area contributed by atoms with E-state index in [-0.39, 0.29) is 6.03 Å². The van der Waals surface area contributed by atoms with Gasteiger partial charge in [-0.2, -0.15) is 0 Å². The summed E-state index contributed by atoms with van der Waals surface area (Å²) in [6.07, 6.45) is 0.915. The van der Waals surface area contributed by atoms with Gasteiger partial charge in [0, 0.05) is 25.4 Å². The van der Waals surface area contributed by atoms with E-state index < -0.39 is 0 Å².